The van der Waals surface area contributed by atoms with Gasteiger partial charge in [-0.05, 0) is 50.4 Å². The Balaban J connectivity index is 1.28. The molecule has 4 fully saturated rings. The van der Waals surface area contributed by atoms with E-state index in [1.807, 2.05) is 6.92 Å². The molecule has 2 saturated heterocycles. The van der Waals surface area contributed by atoms with Crippen LogP contribution in [0.25, 0.3) is 0 Å². The third-order valence-corrected chi connectivity index (χ3v) is 7.68. The number of nitrogens with zero attached hydrogens (tertiary/aromatic N) is 2. The summed E-state index contributed by atoms with van der Waals surface area (Å²) in [5, 5.41) is 6.04. The Morgan fingerprint density at radius 3 is 2.35 bits per heavy atom. The lowest BCUT2D eigenvalue weighted by atomic mass is 9.73. The van der Waals surface area contributed by atoms with Crippen molar-refractivity contribution in [2.24, 2.45) is 11.8 Å². The molecule has 4 aliphatic rings. The first kappa shape index (κ1) is 24.0. The molecule has 12 heteroatoms. The van der Waals surface area contributed by atoms with Crippen LogP contribution in [0, 0.1) is 11.8 Å². The van der Waals surface area contributed by atoms with E-state index in [2.05, 4.69) is 23.0 Å². The fourth-order valence-electron chi connectivity index (χ4n) is 5.43. The molecule has 2 aliphatic carbocycles. The summed E-state index contributed by atoms with van der Waals surface area (Å²) in [6.07, 6.45) is 5.65. The summed E-state index contributed by atoms with van der Waals surface area (Å²) in [6.45, 7) is 2.58. The largest absolute Gasteiger partial charge is 0.454 e. The summed E-state index contributed by atoms with van der Waals surface area (Å²) in [6, 6.07) is -1.39. The minimum atomic E-state index is -1.01. The number of imide groups is 2. The molecular weight excluding hydrogens is 446 g/mol. The lowest BCUT2D eigenvalue weighted by Gasteiger charge is -2.36. The predicted octanol–water partition coefficient (Wildman–Crippen LogP) is 0.562. The van der Waals surface area contributed by atoms with Crippen LogP contribution in [0.1, 0.15) is 65.2 Å². The van der Waals surface area contributed by atoms with Gasteiger partial charge in [0.1, 0.15) is 17.6 Å². The van der Waals surface area contributed by atoms with Crippen LogP contribution in [0.3, 0.4) is 0 Å². The van der Waals surface area contributed by atoms with Gasteiger partial charge in [-0.1, -0.05) is 26.7 Å². The van der Waals surface area contributed by atoms with Crippen LogP contribution >= 0.6 is 0 Å². The van der Waals surface area contributed by atoms with Crippen molar-refractivity contribution in [1.82, 2.24) is 26.0 Å². The number of urea groups is 2. The first-order chi connectivity index (χ1) is 16.1. The second kappa shape index (κ2) is 8.88. The molecular formula is C22H31N5O7. The number of amides is 7. The summed E-state index contributed by atoms with van der Waals surface area (Å²) < 4.78 is 4.90. The minimum absolute atomic E-state index is 0.0516. The lowest BCUT2D eigenvalue weighted by Crippen LogP contribution is -2.54. The fourth-order valence-corrected chi connectivity index (χ4v) is 5.43. The zero-order valence-corrected chi connectivity index (χ0v) is 19.5. The van der Waals surface area contributed by atoms with E-state index in [9.17, 15) is 28.8 Å². The van der Waals surface area contributed by atoms with E-state index in [-0.39, 0.29) is 5.92 Å². The maximum Gasteiger partial charge on any atom is 0.344 e. The number of esters is 1. The number of ether oxygens (including phenoxy) is 1. The number of hydrazine groups is 1. The Labute approximate surface area is 197 Å². The minimum Gasteiger partial charge on any atom is -0.454 e. The van der Waals surface area contributed by atoms with Gasteiger partial charge < -0.3 is 15.4 Å². The lowest BCUT2D eigenvalue weighted by molar-refractivity contribution is -0.153. The van der Waals surface area contributed by atoms with Gasteiger partial charge in [0.25, 0.3) is 17.7 Å². The second-order valence-corrected chi connectivity index (χ2v) is 9.97. The number of rotatable bonds is 5. The summed E-state index contributed by atoms with van der Waals surface area (Å²) >= 11 is 0. The van der Waals surface area contributed by atoms with Crippen LogP contribution in [0.2, 0.25) is 0 Å². The van der Waals surface area contributed by atoms with Crippen molar-refractivity contribution in [2.75, 3.05) is 13.2 Å². The molecule has 12 nitrogen and oxygen atoms in total. The van der Waals surface area contributed by atoms with Gasteiger partial charge >= 0.3 is 18.0 Å². The Morgan fingerprint density at radius 1 is 0.971 bits per heavy atom. The summed E-state index contributed by atoms with van der Waals surface area (Å²) in [4.78, 5) is 75.6. The van der Waals surface area contributed by atoms with Crippen LogP contribution in [-0.2, 0) is 23.9 Å². The predicted molar refractivity (Wildman–Crippen MR) is 115 cm³/mol. The average molecular weight is 478 g/mol. The third-order valence-electron chi connectivity index (χ3n) is 7.68. The molecule has 2 spiro atoms. The molecule has 2 saturated carbocycles. The molecule has 2 unspecified atom stereocenters. The van der Waals surface area contributed by atoms with Crippen molar-refractivity contribution >= 4 is 35.8 Å². The molecule has 34 heavy (non-hydrogen) atoms. The Bertz CT molecular complexity index is 929. The van der Waals surface area contributed by atoms with Crippen molar-refractivity contribution in [3.8, 4) is 0 Å². The van der Waals surface area contributed by atoms with Crippen molar-refractivity contribution in [3.05, 3.63) is 0 Å². The standard InChI is InChI=1S/C22H31N5O7/c1-13-6-9-21(10-7-13)17(30)27(20(33)23-21)25-15(28)12-34-16(29)11-26-18(31)22(24-19(26)32)8-4-3-5-14(22)2/h13-14H,3-12H2,1-2H3,(H,23,33)(H,24,32)(H,25,28). The van der Waals surface area contributed by atoms with Crippen molar-refractivity contribution in [1.29, 1.82) is 0 Å². The molecule has 186 valence electrons. The van der Waals surface area contributed by atoms with E-state index in [4.69, 9.17) is 4.74 Å². The maximum absolute atomic E-state index is 12.9. The van der Waals surface area contributed by atoms with Crippen molar-refractivity contribution in [3.63, 3.8) is 0 Å². The Kier molecular flexibility index (Phi) is 6.26. The topological polar surface area (TPSA) is 154 Å². The van der Waals surface area contributed by atoms with Gasteiger partial charge in [0.15, 0.2) is 6.61 Å². The summed E-state index contributed by atoms with van der Waals surface area (Å²) in [5.74, 6) is -2.42. The monoisotopic (exact) mass is 477 g/mol. The SMILES string of the molecule is CC1CCC2(CC1)NC(=O)N(NC(=O)COC(=O)CN1C(=O)NC3(CCCCC3C)C1=O)C2=O. The normalized spacial score (nSPS) is 33.4. The van der Waals surface area contributed by atoms with Gasteiger partial charge in [-0.15, -0.1) is 0 Å². The molecule has 0 aromatic rings. The quantitative estimate of drug-likeness (QED) is 0.386. The van der Waals surface area contributed by atoms with Gasteiger partial charge in [0.2, 0.25) is 0 Å². The van der Waals surface area contributed by atoms with E-state index in [1.165, 1.54) is 0 Å². The summed E-state index contributed by atoms with van der Waals surface area (Å²) in [5.41, 5.74) is 0.169. The summed E-state index contributed by atoms with van der Waals surface area (Å²) in [7, 11) is 0. The number of carbonyl (C=O) groups is 6. The Morgan fingerprint density at radius 2 is 1.68 bits per heavy atom. The van der Waals surface area contributed by atoms with E-state index >= 15 is 0 Å². The molecule has 0 bridgehead atoms. The van der Waals surface area contributed by atoms with Crippen LogP contribution in [0.4, 0.5) is 9.59 Å². The van der Waals surface area contributed by atoms with E-state index in [0.717, 1.165) is 37.0 Å². The highest BCUT2D eigenvalue weighted by Gasteiger charge is 2.55. The molecule has 0 aromatic carbocycles. The molecule has 7 amide bonds. The molecule has 0 radical (unpaired) electrons. The number of hydrogen-bond donors (Lipinski definition) is 3. The van der Waals surface area contributed by atoms with Gasteiger partial charge in [0, 0.05) is 0 Å². The number of hydrogen-bond acceptors (Lipinski definition) is 7. The van der Waals surface area contributed by atoms with Crippen LogP contribution < -0.4 is 16.1 Å². The smallest absolute Gasteiger partial charge is 0.344 e. The fraction of sp³-hybridized carbons (Fsp3) is 0.727. The molecule has 4 rings (SSSR count). The van der Waals surface area contributed by atoms with Crippen molar-refractivity contribution in [2.45, 2.75) is 76.3 Å². The third kappa shape index (κ3) is 4.09. The maximum atomic E-state index is 12.9. The van der Waals surface area contributed by atoms with Crippen LogP contribution in [0.15, 0.2) is 0 Å². The highest BCUT2D eigenvalue weighted by Crippen LogP contribution is 2.38. The number of nitrogens with one attached hydrogen (secondary N) is 3. The molecule has 3 N–H and O–H groups in total. The van der Waals surface area contributed by atoms with Gasteiger partial charge in [-0.3, -0.25) is 29.5 Å². The zero-order chi connectivity index (χ0) is 24.7. The first-order valence-corrected chi connectivity index (χ1v) is 11.8. The first-order valence-electron chi connectivity index (χ1n) is 11.8. The van der Waals surface area contributed by atoms with E-state index in [1.54, 1.807) is 0 Å². The molecule has 2 atom stereocenters. The highest BCUT2D eigenvalue weighted by molar-refractivity contribution is 6.09. The zero-order valence-electron chi connectivity index (χ0n) is 19.5. The molecule has 0 aromatic heterocycles. The molecule has 2 heterocycles. The van der Waals surface area contributed by atoms with Gasteiger partial charge in [-0.2, -0.15) is 5.01 Å². The molecule has 2 aliphatic heterocycles. The van der Waals surface area contributed by atoms with E-state index in [0.29, 0.717) is 30.2 Å². The van der Waals surface area contributed by atoms with Gasteiger partial charge in [0.05, 0.1) is 0 Å². The Hall–Kier alpha value is -3.18. The van der Waals surface area contributed by atoms with Gasteiger partial charge in [-0.25, -0.2) is 9.59 Å². The van der Waals surface area contributed by atoms with E-state index < -0.39 is 60.0 Å². The average Bonchev–Trinajstić information content (AvgIpc) is 3.17. The highest BCUT2D eigenvalue weighted by atomic mass is 16.5. The van der Waals surface area contributed by atoms with Crippen LogP contribution in [0.5, 0.6) is 0 Å². The van der Waals surface area contributed by atoms with Crippen LogP contribution in [-0.4, -0.2) is 69.9 Å². The number of carbonyl (C=O) groups excluding carboxylic acids is 6. The van der Waals surface area contributed by atoms with Crippen molar-refractivity contribution < 1.29 is 33.5 Å². The second-order valence-electron chi connectivity index (χ2n) is 9.97.